The molecule has 1 aliphatic heterocycles. The second-order valence-corrected chi connectivity index (χ2v) is 3.60. The Labute approximate surface area is 80.8 Å². The first-order valence-corrected chi connectivity index (χ1v) is 5.20. The third kappa shape index (κ3) is 4.07. The molecule has 0 aromatic rings. The molecule has 0 bridgehead atoms. The Kier molecular flexibility index (Phi) is 5.35. The predicted molar refractivity (Wildman–Crippen MR) is 52.9 cm³/mol. The van der Waals surface area contributed by atoms with Gasteiger partial charge in [-0.2, -0.15) is 0 Å². The lowest BCUT2D eigenvalue weighted by Crippen LogP contribution is -2.37. The summed E-state index contributed by atoms with van der Waals surface area (Å²) in [5, 5.41) is 3.46. The van der Waals surface area contributed by atoms with Gasteiger partial charge in [0.25, 0.3) is 0 Å². The molecule has 0 spiro atoms. The molecule has 1 fully saturated rings. The third-order valence-corrected chi connectivity index (χ3v) is 2.52. The van der Waals surface area contributed by atoms with Crippen molar-refractivity contribution in [2.24, 2.45) is 0 Å². The summed E-state index contributed by atoms with van der Waals surface area (Å²) in [7, 11) is 1.75. The number of methoxy groups -OCH3 is 1. The minimum absolute atomic E-state index is 0.436. The maximum Gasteiger partial charge on any atom is 0.0700 e. The van der Waals surface area contributed by atoms with Crippen LogP contribution in [0.2, 0.25) is 0 Å². The molecule has 78 valence electrons. The van der Waals surface area contributed by atoms with Crippen LogP contribution in [0.15, 0.2) is 0 Å². The largest absolute Gasteiger partial charge is 0.383 e. The molecule has 0 aromatic heterocycles. The first kappa shape index (κ1) is 11.0. The van der Waals surface area contributed by atoms with Crippen LogP contribution in [-0.2, 0) is 9.47 Å². The average Bonchev–Trinajstić information content (AvgIpc) is 2.64. The summed E-state index contributed by atoms with van der Waals surface area (Å²) < 4.78 is 10.6. The second kappa shape index (κ2) is 6.35. The van der Waals surface area contributed by atoms with Gasteiger partial charge in [-0.25, -0.2) is 0 Å². The van der Waals surface area contributed by atoms with Crippen LogP contribution in [0.1, 0.15) is 26.2 Å². The fourth-order valence-electron chi connectivity index (χ4n) is 1.63. The molecule has 2 atom stereocenters. The fraction of sp³-hybridized carbons (Fsp3) is 1.00. The monoisotopic (exact) mass is 187 g/mol. The topological polar surface area (TPSA) is 30.5 Å². The zero-order valence-electron chi connectivity index (χ0n) is 8.71. The average molecular weight is 187 g/mol. The van der Waals surface area contributed by atoms with Gasteiger partial charge in [-0.15, -0.1) is 0 Å². The third-order valence-electron chi connectivity index (χ3n) is 2.52. The van der Waals surface area contributed by atoms with E-state index in [2.05, 4.69) is 12.2 Å². The van der Waals surface area contributed by atoms with Gasteiger partial charge >= 0.3 is 0 Å². The zero-order valence-corrected chi connectivity index (χ0v) is 8.71. The first-order chi connectivity index (χ1) is 6.36. The molecule has 1 aliphatic rings. The van der Waals surface area contributed by atoms with Crippen molar-refractivity contribution in [3.8, 4) is 0 Å². The number of rotatable bonds is 6. The highest BCUT2D eigenvalue weighted by Gasteiger charge is 2.16. The van der Waals surface area contributed by atoms with Crippen LogP contribution < -0.4 is 5.32 Å². The van der Waals surface area contributed by atoms with Crippen LogP contribution in [0.4, 0.5) is 0 Å². The van der Waals surface area contributed by atoms with E-state index >= 15 is 0 Å². The summed E-state index contributed by atoms with van der Waals surface area (Å²) in [6, 6.07) is 0.481. The summed E-state index contributed by atoms with van der Waals surface area (Å²) in [5.41, 5.74) is 0. The Hall–Kier alpha value is -0.120. The number of ether oxygens (including phenoxy) is 2. The Morgan fingerprint density at radius 2 is 2.46 bits per heavy atom. The molecule has 0 amide bonds. The Bertz CT molecular complexity index is 124. The molecule has 3 heteroatoms. The highest BCUT2D eigenvalue weighted by molar-refractivity contribution is 4.71. The normalized spacial score (nSPS) is 24.9. The molecule has 0 saturated carbocycles. The van der Waals surface area contributed by atoms with Crippen molar-refractivity contribution in [1.82, 2.24) is 5.32 Å². The minimum Gasteiger partial charge on any atom is -0.383 e. The number of nitrogens with one attached hydrogen (secondary N) is 1. The lowest BCUT2D eigenvalue weighted by Gasteiger charge is -2.18. The van der Waals surface area contributed by atoms with Crippen LogP contribution in [0.25, 0.3) is 0 Å². The molecule has 3 nitrogen and oxygen atoms in total. The van der Waals surface area contributed by atoms with Gasteiger partial charge in [0, 0.05) is 26.3 Å². The molecule has 1 heterocycles. The maximum atomic E-state index is 5.52. The van der Waals surface area contributed by atoms with Crippen molar-refractivity contribution in [3.05, 3.63) is 0 Å². The summed E-state index contributed by atoms with van der Waals surface area (Å²) in [6.07, 6.45) is 3.97. The number of hydrogen-bond acceptors (Lipinski definition) is 3. The quantitative estimate of drug-likeness (QED) is 0.677. The van der Waals surface area contributed by atoms with Crippen LogP contribution in [0.5, 0.6) is 0 Å². The maximum absolute atomic E-state index is 5.52. The number of hydrogen-bond donors (Lipinski definition) is 1. The van der Waals surface area contributed by atoms with Gasteiger partial charge in [-0.05, 0) is 19.3 Å². The van der Waals surface area contributed by atoms with Crippen molar-refractivity contribution in [2.75, 3.05) is 26.9 Å². The van der Waals surface area contributed by atoms with Crippen molar-refractivity contribution in [1.29, 1.82) is 0 Å². The molecule has 1 N–H and O–H groups in total. The zero-order chi connectivity index (χ0) is 9.52. The molecule has 0 aliphatic carbocycles. The Balaban J connectivity index is 2.07. The van der Waals surface area contributed by atoms with Gasteiger partial charge in [0.15, 0.2) is 0 Å². The highest BCUT2D eigenvalue weighted by atomic mass is 16.5. The first-order valence-electron chi connectivity index (χ1n) is 5.20. The van der Waals surface area contributed by atoms with Crippen molar-refractivity contribution in [3.63, 3.8) is 0 Å². The van der Waals surface area contributed by atoms with E-state index in [1.54, 1.807) is 7.11 Å². The van der Waals surface area contributed by atoms with E-state index in [0.717, 1.165) is 26.2 Å². The van der Waals surface area contributed by atoms with Crippen molar-refractivity contribution >= 4 is 0 Å². The van der Waals surface area contributed by atoms with E-state index in [1.807, 2.05) is 0 Å². The molecule has 13 heavy (non-hydrogen) atoms. The van der Waals surface area contributed by atoms with Crippen LogP contribution in [0.3, 0.4) is 0 Å². The lowest BCUT2D eigenvalue weighted by atomic mass is 10.2. The minimum atomic E-state index is 0.436. The van der Waals surface area contributed by atoms with Crippen molar-refractivity contribution in [2.45, 2.75) is 38.3 Å². The second-order valence-electron chi connectivity index (χ2n) is 3.60. The van der Waals surface area contributed by atoms with Crippen LogP contribution in [-0.4, -0.2) is 39.0 Å². The molecule has 1 rings (SSSR count). The predicted octanol–water partition coefficient (Wildman–Crippen LogP) is 1.18. The lowest BCUT2D eigenvalue weighted by molar-refractivity contribution is 0.0990. The van der Waals surface area contributed by atoms with E-state index in [9.17, 15) is 0 Å². The SMILES string of the molecule is CCC(COC)NCC1CCCO1. The van der Waals surface area contributed by atoms with Gasteiger partial charge in [0.1, 0.15) is 0 Å². The summed E-state index contributed by atoms with van der Waals surface area (Å²) in [4.78, 5) is 0. The standard InChI is InChI=1S/C10H21NO2/c1-3-9(8-12-2)11-7-10-5-4-6-13-10/h9-11H,3-8H2,1-2H3. The molecule has 0 aromatic carbocycles. The van der Waals surface area contributed by atoms with Crippen LogP contribution in [0, 0.1) is 0 Å². The van der Waals surface area contributed by atoms with E-state index in [4.69, 9.17) is 9.47 Å². The van der Waals surface area contributed by atoms with E-state index in [0.29, 0.717) is 12.1 Å². The van der Waals surface area contributed by atoms with Crippen LogP contribution >= 0.6 is 0 Å². The van der Waals surface area contributed by atoms with Crippen molar-refractivity contribution < 1.29 is 9.47 Å². The van der Waals surface area contributed by atoms with E-state index in [1.165, 1.54) is 12.8 Å². The van der Waals surface area contributed by atoms with Gasteiger partial charge in [0.05, 0.1) is 12.7 Å². The highest BCUT2D eigenvalue weighted by Crippen LogP contribution is 2.10. The van der Waals surface area contributed by atoms with Gasteiger partial charge < -0.3 is 14.8 Å². The summed E-state index contributed by atoms with van der Waals surface area (Å²) in [6.45, 7) is 4.88. The Morgan fingerprint density at radius 3 is 3.00 bits per heavy atom. The molecular weight excluding hydrogens is 166 g/mol. The summed E-state index contributed by atoms with van der Waals surface area (Å²) >= 11 is 0. The Morgan fingerprint density at radius 1 is 1.62 bits per heavy atom. The summed E-state index contributed by atoms with van der Waals surface area (Å²) in [5.74, 6) is 0. The molecular formula is C10H21NO2. The van der Waals surface area contributed by atoms with E-state index in [-0.39, 0.29) is 0 Å². The molecule has 2 unspecified atom stereocenters. The molecule has 0 radical (unpaired) electrons. The van der Waals surface area contributed by atoms with E-state index < -0.39 is 0 Å². The van der Waals surface area contributed by atoms with Gasteiger partial charge in [-0.3, -0.25) is 0 Å². The van der Waals surface area contributed by atoms with Gasteiger partial charge in [-0.1, -0.05) is 6.92 Å². The smallest absolute Gasteiger partial charge is 0.0700 e. The molecule has 1 saturated heterocycles. The van der Waals surface area contributed by atoms with Gasteiger partial charge in [0.2, 0.25) is 0 Å². The fourth-order valence-corrected chi connectivity index (χ4v) is 1.63.